The molecule has 2 atom stereocenters. The predicted octanol–water partition coefficient (Wildman–Crippen LogP) is 3.96. The standard InChI is InChI=1S/C20H33NO2S.C4H4O4/c1-3-4-5-6-7-8-9-10-11-12-13-17-14-19(24-16-17)20(23)18(15-22)21-2;5-3(6)1-2-4(7)8/h14,16,18,20-23H,3-11,15H2,1-2H3;1-2H,(H,5,6)(H,7,8)/b;2-1-. The summed E-state index contributed by atoms with van der Waals surface area (Å²) in [6.45, 7) is 2.16. The molecular formula is C24H37NO6S. The average Bonchev–Trinajstić information content (AvgIpc) is 3.24. The molecule has 2 unspecified atom stereocenters. The second-order valence-corrected chi connectivity index (χ2v) is 8.24. The molecule has 32 heavy (non-hydrogen) atoms. The molecule has 5 N–H and O–H groups in total. The number of hydrogen-bond donors (Lipinski definition) is 5. The zero-order chi connectivity index (χ0) is 24.2. The number of hydrogen-bond acceptors (Lipinski definition) is 6. The number of aliphatic carboxylic acids is 2. The van der Waals surface area contributed by atoms with Crippen LogP contribution in [0.2, 0.25) is 0 Å². The van der Waals surface area contributed by atoms with Gasteiger partial charge in [0.2, 0.25) is 0 Å². The molecule has 8 heteroatoms. The lowest BCUT2D eigenvalue weighted by atomic mass is 10.1. The van der Waals surface area contributed by atoms with Crippen LogP contribution in [0, 0.1) is 11.8 Å². The van der Waals surface area contributed by atoms with Gasteiger partial charge in [0.15, 0.2) is 0 Å². The lowest BCUT2D eigenvalue weighted by molar-refractivity contribution is -0.134. The van der Waals surface area contributed by atoms with Gasteiger partial charge in [0, 0.05) is 34.4 Å². The van der Waals surface area contributed by atoms with Crippen LogP contribution in [0.3, 0.4) is 0 Å². The normalized spacial score (nSPS) is 12.4. The molecule has 0 radical (unpaired) electrons. The van der Waals surface area contributed by atoms with Crippen molar-refractivity contribution in [3.63, 3.8) is 0 Å². The number of aliphatic hydroxyl groups is 2. The summed E-state index contributed by atoms with van der Waals surface area (Å²) in [5.74, 6) is 3.90. The number of carboxylic acid groups (broad SMARTS) is 2. The zero-order valence-electron chi connectivity index (χ0n) is 19.0. The first kappa shape index (κ1) is 29.8. The Morgan fingerprint density at radius 3 is 2.12 bits per heavy atom. The minimum absolute atomic E-state index is 0.0883. The van der Waals surface area contributed by atoms with E-state index >= 15 is 0 Å². The smallest absolute Gasteiger partial charge is 0.328 e. The number of likely N-dealkylation sites (N-methyl/N-ethyl adjacent to an activating group) is 1. The van der Waals surface area contributed by atoms with Gasteiger partial charge < -0.3 is 25.7 Å². The van der Waals surface area contributed by atoms with Gasteiger partial charge >= 0.3 is 11.9 Å². The van der Waals surface area contributed by atoms with E-state index in [4.69, 9.17) is 10.2 Å². The lowest BCUT2D eigenvalue weighted by Crippen LogP contribution is -2.35. The number of rotatable bonds is 14. The minimum atomic E-state index is -1.26. The first-order chi connectivity index (χ1) is 15.3. The number of aliphatic hydroxyl groups excluding tert-OH is 2. The molecule has 1 rings (SSSR count). The third-order valence-electron chi connectivity index (χ3n) is 4.62. The summed E-state index contributed by atoms with van der Waals surface area (Å²) in [4.78, 5) is 20.0. The molecule has 7 nitrogen and oxygen atoms in total. The van der Waals surface area contributed by atoms with Gasteiger partial charge in [-0.1, -0.05) is 63.7 Å². The van der Waals surface area contributed by atoms with Crippen LogP contribution in [0.15, 0.2) is 23.6 Å². The molecule has 0 saturated heterocycles. The molecule has 0 bridgehead atoms. The maximum Gasteiger partial charge on any atom is 0.328 e. The van der Waals surface area contributed by atoms with Gasteiger partial charge in [-0.25, -0.2) is 9.59 Å². The lowest BCUT2D eigenvalue weighted by Gasteiger charge is -2.18. The fourth-order valence-electron chi connectivity index (χ4n) is 2.78. The van der Waals surface area contributed by atoms with Crippen molar-refractivity contribution >= 4 is 23.3 Å². The van der Waals surface area contributed by atoms with Crippen LogP contribution in [-0.2, 0) is 9.59 Å². The Labute approximate surface area is 195 Å². The van der Waals surface area contributed by atoms with E-state index in [0.717, 1.165) is 16.9 Å². The average molecular weight is 468 g/mol. The van der Waals surface area contributed by atoms with Crippen molar-refractivity contribution in [2.75, 3.05) is 13.7 Å². The summed E-state index contributed by atoms with van der Waals surface area (Å²) in [6.07, 6.45) is 11.9. The molecule has 0 fully saturated rings. The minimum Gasteiger partial charge on any atom is -0.478 e. The van der Waals surface area contributed by atoms with E-state index in [-0.39, 0.29) is 12.6 Å². The van der Waals surface area contributed by atoms with E-state index in [1.807, 2.05) is 11.4 Å². The van der Waals surface area contributed by atoms with Crippen molar-refractivity contribution in [1.29, 1.82) is 0 Å². The molecule has 0 aliphatic carbocycles. The number of nitrogens with one attached hydrogen (secondary N) is 1. The van der Waals surface area contributed by atoms with Crippen LogP contribution in [0.4, 0.5) is 0 Å². The van der Waals surface area contributed by atoms with Crippen LogP contribution >= 0.6 is 11.3 Å². The first-order valence-corrected chi connectivity index (χ1v) is 11.9. The highest BCUT2D eigenvalue weighted by Gasteiger charge is 2.19. The Morgan fingerprint density at radius 1 is 1.06 bits per heavy atom. The second-order valence-electron chi connectivity index (χ2n) is 7.30. The molecule has 0 spiro atoms. The fourth-order valence-corrected chi connectivity index (χ4v) is 3.66. The second kappa shape index (κ2) is 19.5. The number of thiophene rings is 1. The maximum absolute atomic E-state index is 10.2. The van der Waals surface area contributed by atoms with E-state index < -0.39 is 18.0 Å². The van der Waals surface area contributed by atoms with Gasteiger partial charge in [0.25, 0.3) is 0 Å². The van der Waals surface area contributed by atoms with Gasteiger partial charge in [-0.3, -0.25) is 0 Å². The van der Waals surface area contributed by atoms with Crippen LogP contribution in [0.5, 0.6) is 0 Å². The van der Waals surface area contributed by atoms with Gasteiger partial charge in [-0.15, -0.1) is 11.3 Å². The molecule has 180 valence electrons. The Morgan fingerprint density at radius 2 is 1.62 bits per heavy atom. The summed E-state index contributed by atoms with van der Waals surface area (Å²) in [5, 5.41) is 39.9. The van der Waals surface area contributed by atoms with Crippen LogP contribution in [0.25, 0.3) is 0 Å². The van der Waals surface area contributed by atoms with Crippen molar-refractivity contribution in [2.24, 2.45) is 0 Å². The fraction of sp³-hybridized carbons (Fsp3) is 0.583. The molecule has 0 aromatic carbocycles. The van der Waals surface area contributed by atoms with E-state index in [1.165, 1.54) is 62.7 Å². The van der Waals surface area contributed by atoms with E-state index in [2.05, 4.69) is 24.1 Å². The first-order valence-electron chi connectivity index (χ1n) is 11.0. The van der Waals surface area contributed by atoms with Crippen molar-refractivity contribution in [1.82, 2.24) is 5.32 Å². The maximum atomic E-state index is 10.2. The number of carboxylic acids is 2. The molecule has 1 heterocycles. The molecule has 0 aliphatic rings. The van der Waals surface area contributed by atoms with Crippen molar-refractivity contribution in [3.05, 3.63) is 34.0 Å². The molecule has 0 amide bonds. The van der Waals surface area contributed by atoms with Crippen LogP contribution in [-0.4, -0.2) is 52.1 Å². The summed E-state index contributed by atoms with van der Waals surface area (Å²) < 4.78 is 0. The largest absolute Gasteiger partial charge is 0.478 e. The predicted molar refractivity (Wildman–Crippen MR) is 128 cm³/mol. The Bertz CT molecular complexity index is 714. The quantitative estimate of drug-likeness (QED) is 0.159. The zero-order valence-corrected chi connectivity index (χ0v) is 19.9. The SMILES string of the molecule is CCCCCCCCCCC#Cc1csc(C(O)C(CO)NC)c1.O=C(O)/C=C\C(=O)O. The highest BCUT2D eigenvalue weighted by atomic mass is 32.1. The van der Waals surface area contributed by atoms with Crippen LogP contribution in [0.1, 0.15) is 81.3 Å². The number of carbonyl (C=O) groups is 2. The molecule has 1 aromatic heterocycles. The monoisotopic (exact) mass is 467 g/mol. The van der Waals surface area contributed by atoms with Gasteiger partial charge in [-0.2, -0.15) is 0 Å². The van der Waals surface area contributed by atoms with E-state index in [0.29, 0.717) is 12.2 Å². The Hall–Kier alpha value is -2.18. The van der Waals surface area contributed by atoms with Crippen molar-refractivity contribution in [2.45, 2.75) is 76.9 Å². The highest BCUT2D eigenvalue weighted by molar-refractivity contribution is 7.10. The number of unbranched alkanes of at least 4 members (excludes halogenated alkanes) is 8. The van der Waals surface area contributed by atoms with E-state index in [1.54, 1.807) is 7.05 Å². The van der Waals surface area contributed by atoms with Gasteiger partial charge in [0.1, 0.15) is 6.10 Å². The van der Waals surface area contributed by atoms with Crippen molar-refractivity contribution in [3.8, 4) is 11.8 Å². The highest BCUT2D eigenvalue weighted by Crippen LogP contribution is 2.24. The summed E-state index contributed by atoms with van der Waals surface area (Å²) >= 11 is 1.49. The third kappa shape index (κ3) is 15.6. The Kier molecular flexibility index (Phi) is 18.2. The van der Waals surface area contributed by atoms with Crippen LogP contribution < -0.4 is 5.32 Å². The summed E-state index contributed by atoms with van der Waals surface area (Å²) in [5.41, 5.74) is 0.960. The van der Waals surface area contributed by atoms with Crippen molar-refractivity contribution < 1.29 is 30.0 Å². The third-order valence-corrected chi connectivity index (χ3v) is 5.62. The molecular weight excluding hydrogens is 430 g/mol. The molecule has 0 saturated carbocycles. The van der Waals surface area contributed by atoms with Gasteiger partial charge in [-0.05, 0) is 19.5 Å². The summed E-state index contributed by atoms with van der Waals surface area (Å²) in [6, 6.07) is 1.59. The van der Waals surface area contributed by atoms with E-state index in [9.17, 15) is 19.8 Å². The summed E-state index contributed by atoms with van der Waals surface area (Å²) in [7, 11) is 1.74. The molecule has 0 aliphatic heterocycles. The topological polar surface area (TPSA) is 127 Å². The van der Waals surface area contributed by atoms with Gasteiger partial charge in [0.05, 0.1) is 12.6 Å². The Balaban J connectivity index is 0.00000102. The molecule has 1 aromatic rings.